The molecule has 1 aromatic heterocycles. The fourth-order valence-corrected chi connectivity index (χ4v) is 3.39. The molecule has 3 rings (SSSR count). The molecule has 0 atom stereocenters. The summed E-state index contributed by atoms with van der Waals surface area (Å²) in [4.78, 5) is 29.5. The third-order valence-corrected chi connectivity index (χ3v) is 5.00. The molecule has 2 amide bonds. The zero-order chi connectivity index (χ0) is 17.3. The average molecular weight is 327 g/mol. The number of nitrogens with one attached hydrogen (secondary N) is 2. The van der Waals surface area contributed by atoms with E-state index in [9.17, 15) is 9.59 Å². The van der Waals surface area contributed by atoms with E-state index >= 15 is 0 Å². The molecule has 0 unspecified atom stereocenters. The van der Waals surface area contributed by atoms with Crippen LogP contribution in [0.4, 0.5) is 0 Å². The highest BCUT2D eigenvalue weighted by Gasteiger charge is 2.22. The molecule has 1 aliphatic rings. The van der Waals surface area contributed by atoms with Crippen LogP contribution in [0, 0.1) is 0 Å². The second kappa shape index (κ2) is 6.67. The maximum atomic E-state index is 12.5. The first-order valence-electron chi connectivity index (χ1n) is 8.73. The lowest BCUT2D eigenvalue weighted by molar-refractivity contribution is -0.129. The Morgan fingerprint density at radius 1 is 1.29 bits per heavy atom. The largest absolute Gasteiger partial charge is 0.358 e. The van der Waals surface area contributed by atoms with Crippen LogP contribution in [-0.2, 0) is 17.8 Å². The summed E-state index contributed by atoms with van der Waals surface area (Å²) in [5.41, 5.74) is 4.03. The lowest BCUT2D eigenvalue weighted by atomic mass is 10.0. The van der Waals surface area contributed by atoms with Crippen LogP contribution in [0.3, 0.4) is 0 Å². The van der Waals surface area contributed by atoms with E-state index in [0.29, 0.717) is 12.1 Å². The van der Waals surface area contributed by atoms with Gasteiger partial charge in [-0.25, -0.2) is 0 Å². The van der Waals surface area contributed by atoms with Gasteiger partial charge in [0.2, 0.25) is 5.91 Å². The molecule has 5 heteroatoms. The summed E-state index contributed by atoms with van der Waals surface area (Å²) >= 11 is 0. The Balaban J connectivity index is 1.92. The standard InChI is InChI=1S/C19H25N3O2/c1-4-14(5-2)20-19(24)13-6-7-17-15(10-13)16-11-22(12(3)23)9-8-18(16)21-17/h6-7,10,14,21H,4-5,8-9,11H2,1-3H3,(H,20,24). The zero-order valence-electron chi connectivity index (χ0n) is 14.6. The molecule has 1 aromatic carbocycles. The van der Waals surface area contributed by atoms with Gasteiger partial charge in [-0.05, 0) is 31.0 Å². The minimum atomic E-state index is -0.0280. The Morgan fingerprint density at radius 3 is 2.71 bits per heavy atom. The Kier molecular flexibility index (Phi) is 4.60. The van der Waals surface area contributed by atoms with Gasteiger partial charge in [-0.2, -0.15) is 0 Å². The van der Waals surface area contributed by atoms with E-state index in [1.165, 1.54) is 5.69 Å². The molecule has 2 aromatic rings. The normalized spacial score (nSPS) is 14.1. The van der Waals surface area contributed by atoms with Crippen molar-refractivity contribution >= 4 is 22.7 Å². The minimum absolute atomic E-state index is 0.0280. The Bertz CT molecular complexity index is 774. The molecule has 1 aliphatic heterocycles. The van der Waals surface area contributed by atoms with Crippen LogP contribution >= 0.6 is 0 Å². The van der Waals surface area contributed by atoms with Crippen molar-refractivity contribution in [1.82, 2.24) is 15.2 Å². The van der Waals surface area contributed by atoms with Crippen molar-refractivity contribution in [3.8, 4) is 0 Å². The molecule has 24 heavy (non-hydrogen) atoms. The van der Waals surface area contributed by atoms with E-state index in [2.05, 4.69) is 24.1 Å². The first-order valence-corrected chi connectivity index (χ1v) is 8.73. The van der Waals surface area contributed by atoms with Crippen molar-refractivity contribution in [2.24, 2.45) is 0 Å². The van der Waals surface area contributed by atoms with Gasteiger partial charge in [0.15, 0.2) is 0 Å². The van der Waals surface area contributed by atoms with E-state index in [-0.39, 0.29) is 17.9 Å². The number of rotatable bonds is 4. The molecule has 0 saturated heterocycles. The number of hydrogen-bond acceptors (Lipinski definition) is 2. The van der Waals surface area contributed by atoms with Crippen molar-refractivity contribution in [3.63, 3.8) is 0 Å². The SMILES string of the molecule is CCC(CC)NC(=O)c1ccc2[nH]c3c(c2c1)CN(C(C)=O)CC3. The topological polar surface area (TPSA) is 65.2 Å². The Labute approximate surface area is 142 Å². The highest BCUT2D eigenvalue weighted by molar-refractivity contribution is 5.99. The molecule has 0 spiro atoms. The third kappa shape index (κ3) is 3.03. The Hall–Kier alpha value is -2.30. The van der Waals surface area contributed by atoms with E-state index in [1.807, 2.05) is 23.1 Å². The minimum Gasteiger partial charge on any atom is -0.358 e. The number of aromatic nitrogens is 1. The molecule has 2 heterocycles. The highest BCUT2D eigenvalue weighted by Crippen LogP contribution is 2.28. The van der Waals surface area contributed by atoms with E-state index in [1.54, 1.807) is 6.92 Å². The monoisotopic (exact) mass is 327 g/mol. The third-order valence-electron chi connectivity index (χ3n) is 5.00. The molecule has 0 bridgehead atoms. The van der Waals surface area contributed by atoms with Gasteiger partial charge in [-0.3, -0.25) is 9.59 Å². The van der Waals surface area contributed by atoms with Gasteiger partial charge >= 0.3 is 0 Å². The molecule has 0 aliphatic carbocycles. The number of aromatic amines is 1. The number of H-pyrrole nitrogens is 1. The molecule has 0 saturated carbocycles. The predicted octanol–water partition coefficient (Wildman–Crippen LogP) is 2.99. The molecule has 128 valence electrons. The lowest BCUT2D eigenvalue weighted by Gasteiger charge is -2.26. The van der Waals surface area contributed by atoms with Gasteiger partial charge in [-0.1, -0.05) is 13.8 Å². The summed E-state index contributed by atoms with van der Waals surface area (Å²) in [6, 6.07) is 5.99. The number of fused-ring (bicyclic) bond motifs is 3. The maximum absolute atomic E-state index is 12.5. The summed E-state index contributed by atoms with van der Waals surface area (Å²) < 4.78 is 0. The van der Waals surface area contributed by atoms with Crippen LogP contribution < -0.4 is 5.32 Å². The van der Waals surface area contributed by atoms with Gasteiger partial charge in [0.1, 0.15) is 0 Å². The number of amides is 2. The lowest BCUT2D eigenvalue weighted by Crippen LogP contribution is -2.34. The number of carbonyl (C=O) groups excluding carboxylic acids is 2. The fourth-order valence-electron chi connectivity index (χ4n) is 3.39. The molecule has 0 fully saturated rings. The molecule has 5 nitrogen and oxygen atoms in total. The van der Waals surface area contributed by atoms with Gasteiger partial charge in [-0.15, -0.1) is 0 Å². The smallest absolute Gasteiger partial charge is 0.251 e. The maximum Gasteiger partial charge on any atom is 0.251 e. The van der Waals surface area contributed by atoms with E-state index in [4.69, 9.17) is 0 Å². The molecular weight excluding hydrogens is 302 g/mol. The summed E-state index contributed by atoms with van der Waals surface area (Å²) in [6.45, 7) is 7.13. The van der Waals surface area contributed by atoms with Gasteiger partial charge < -0.3 is 15.2 Å². The average Bonchev–Trinajstić information content (AvgIpc) is 2.96. The van der Waals surface area contributed by atoms with Crippen LogP contribution in [0.5, 0.6) is 0 Å². The van der Waals surface area contributed by atoms with Gasteiger partial charge in [0.25, 0.3) is 5.91 Å². The molecular formula is C19H25N3O2. The van der Waals surface area contributed by atoms with Gasteiger partial charge in [0.05, 0.1) is 0 Å². The predicted molar refractivity (Wildman–Crippen MR) is 94.9 cm³/mol. The van der Waals surface area contributed by atoms with E-state index < -0.39 is 0 Å². The quantitative estimate of drug-likeness (QED) is 0.906. The van der Waals surface area contributed by atoms with Crippen LogP contribution in [-0.4, -0.2) is 34.3 Å². The van der Waals surface area contributed by atoms with Crippen molar-refractivity contribution in [2.45, 2.75) is 52.6 Å². The second-order valence-corrected chi connectivity index (χ2v) is 6.52. The summed E-state index contributed by atoms with van der Waals surface area (Å²) in [5.74, 6) is 0.0671. The first-order chi connectivity index (χ1) is 11.5. The second-order valence-electron chi connectivity index (χ2n) is 6.52. The zero-order valence-corrected chi connectivity index (χ0v) is 14.6. The van der Waals surface area contributed by atoms with Crippen LogP contribution in [0.15, 0.2) is 18.2 Å². The molecule has 2 N–H and O–H groups in total. The van der Waals surface area contributed by atoms with Crippen molar-refractivity contribution in [3.05, 3.63) is 35.0 Å². The number of benzene rings is 1. The summed E-state index contributed by atoms with van der Waals surface area (Å²) in [7, 11) is 0. The van der Waals surface area contributed by atoms with Crippen LogP contribution in [0.25, 0.3) is 10.9 Å². The first kappa shape index (κ1) is 16.6. The van der Waals surface area contributed by atoms with Crippen molar-refractivity contribution in [2.75, 3.05) is 6.54 Å². The summed E-state index contributed by atoms with van der Waals surface area (Å²) in [5, 5.41) is 4.13. The number of nitrogens with zero attached hydrogens (tertiary/aromatic N) is 1. The molecule has 0 radical (unpaired) electrons. The number of hydrogen-bond donors (Lipinski definition) is 2. The fraction of sp³-hybridized carbons (Fsp3) is 0.474. The Morgan fingerprint density at radius 2 is 2.04 bits per heavy atom. The van der Waals surface area contributed by atoms with Crippen LogP contribution in [0.1, 0.15) is 55.2 Å². The summed E-state index contributed by atoms with van der Waals surface area (Å²) in [6.07, 6.45) is 2.69. The van der Waals surface area contributed by atoms with Crippen LogP contribution in [0.2, 0.25) is 0 Å². The highest BCUT2D eigenvalue weighted by atomic mass is 16.2. The number of carbonyl (C=O) groups is 2. The van der Waals surface area contributed by atoms with E-state index in [0.717, 1.165) is 42.3 Å². The van der Waals surface area contributed by atoms with Crippen molar-refractivity contribution in [1.29, 1.82) is 0 Å². The van der Waals surface area contributed by atoms with Gasteiger partial charge in [0, 0.05) is 60.2 Å². The van der Waals surface area contributed by atoms with Crippen molar-refractivity contribution < 1.29 is 9.59 Å².